The molecular formula is C24H30ClN3O4S. The molecule has 2 N–H and O–H groups in total. The van der Waals surface area contributed by atoms with Gasteiger partial charge in [-0.3, -0.25) is 9.59 Å². The van der Waals surface area contributed by atoms with Gasteiger partial charge in [0.2, 0.25) is 15.9 Å². The summed E-state index contributed by atoms with van der Waals surface area (Å²) in [4.78, 5) is 25.9. The number of rotatable bonds is 8. The number of carbonyl (C=O) groups is 2. The fourth-order valence-corrected chi connectivity index (χ4v) is 5.43. The molecule has 0 saturated carbocycles. The highest BCUT2D eigenvalue weighted by atomic mass is 35.5. The lowest BCUT2D eigenvalue weighted by Gasteiger charge is -2.35. The molecule has 33 heavy (non-hydrogen) atoms. The molecule has 0 spiro atoms. The first-order valence-electron chi connectivity index (χ1n) is 11.1. The summed E-state index contributed by atoms with van der Waals surface area (Å²) in [5.74, 6) is -0.476. The van der Waals surface area contributed by atoms with E-state index in [4.69, 9.17) is 11.6 Å². The quantitative estimate of drug-likeness (QED) is 0.592. The number of piperidine rings is 1. The van der Waals surface area contributed by atoms with Crippen LogP contribution in [0.3, 0.4) is 0 Å². The van der Waals surface area contributed by atoms with Crippen molar-refractivity contribution < 1.29 is 18.0 Å². The maximum Gasteiger partial charge on any atom is 0.251 e. The van der Waals surface area contributed by atoms with Crippen LogP contribution in [0.2, 0.25) is 5.02 Å². The van der Waals surface area contributed by atoms with Crippen LogP contribution >= 0.6 is 11.6 Å². The zero-order valence-electron chi connectivity index (χ0n) is 18.8. The van der Waals surface area contributed by atoms with Crippen molar-refractivity contribution in [2.45, 2.75) is 37.6 Å². The third-order valence-electron chi connectivity index (χ3n) is 5.71. The van der Waals surface area contributed by atoms with E-state index in [9.17, 15) is 18.0 Å². The van der Waals surface area contributed by atoms with E-state index in [1.807, 2.05) is 19.9 Å². The van der Waals surface area contributed by atoms with Gasteiger partial charge in [-0.25, -0.2) is 8.42 Å². The molecule has 0 aliphatic carbocycles. The summed E-state index contributed by atoms with van der Waals surface area (Å²) >= 11 is 5.88. The van der Waals surface area contributed by atoms with Crippen LogP contribution in [0.4, 0.5) is 0 Å². The Morgan fingerprint density at radius 2 is 1.64 bits per heavy atom. The molecule has 178 valence electrons. The number of hydrogen-bond acceptors (Lipinski definition) is 4. The number of amides is 2. The van der Waals surface area contributed by atoms with Crippen molar-refractivity contribution >= 4 is 33.4 Å². The Balaban J connectivity index is 1.71. The van der Waals surface area contributed by atoms with Crippen LogP contribution in [0.5, 0.6) is 0 Å². The van der Waals surface area contributed by atoms with Gasteiger partial charge in [0.25, 0.3) is 5.91 Å². The minimum atomic E-state index is -3.65. The van der Waals surface area contributed by atoms with Gasteiger partial charge < -0.3 is 10.6 Å². The summed E-state index contributed by atoms with van der Waals surface area (Å²) in [6.07, 6.45) is 0.920. The van der Waals surface area contributed by atoms with E-state index in [2.05, 4.69) is 10.6 Å². The van der Waals surface area contributed by atoms with Gasteiger partial charge in [-0.15, -0.1) is 0 Å². The Hall–Kier alpha value is -2.42. The van der Waals surface area contributed by atoms with Gasteiger partial charge in [0.05, 0.1) is 4.90 Å². The molecule has 2 aromatic carbocycles. The van der Waals surface area contributed by atoms with Gasteiger partial charge >= 0.3 is 0 Å². The number of sulfonamides is 1. The van der Waals surface area contributed by atoms with E-state index in [1.54, 1.807) is 36.4 Å². The van der Waals surface area contributed by atoms with Gasteiger partial charge in [0.1, 0.15) is 6.04 Å². The van der Waals surface area contributed by atoms with Gasteiger partial charge in [0, 0.05) is 30.2 Å². The predicted molar refractivity (Wildman–Crippen MR) is 128 cm³/mol. The van der Waals surface area contributed by atoms with E-state index in [-0.39, 0.29) is 41.6 Å². The van der Waals surface area contributed by atoms with E-state index in [0.717, 1.165) is 0 Å². The zero-order valence-corrected chi connectivity index (χ0v) is 20.4. The van der Waals surface area contributed by atoms with Gasteiger partial charge in [0.15, 0.2) is 0 Å². The fourth-order valence-electron chi connectivity index (χ4n) is 3.83. The van der Waals surface area contributed by atoms with Crippen LogP contribution < -0.4 is 10.6 Å². The Morgan fingerprint density at radius 1 is 1.03 bits per heavy atom. The highest BCUT2D eigenvalue weighted by Gasteiger charge is 2.36. The van der Waals surface area contributed by atoms with E-state index >= 15 is 0 Å². The summed E-state index contributed by atoms with van der Waals surface area (Å²) in [7, 11) is -3.65. The zero-order chi connectivity index (χ0) is 24.0. The summed E-state index contributed by atoms with van der Waals surface area (Å²) < 4.78 is 27.4. The van der Waals surface area contributed by atoms with Crippen LogP contribution in [-0.4, -0.2) is 50.2 Å². The van der Waals surface area contributed by atoms with Crippen LogP contribution in [0, 0.1) is 11.8 Å². The Morgan fingerprint density at radius 3 is 2.21 bits per heavy atom. The molecule has 7 nitrogen and oxygen atoms in total. The number of halogens is 1. The van der Waals surface area contributed by atoms with Crippen molar-refractivity contribution in [3.05, 3.63) is 65.2 Å². The summed E-state index contributed by atoms with van der Waals surface area (Å²) in [6.45, 7) is 5.03. The molecule has 2 aromatic rings. The first-order valence-corrected chi connectivity index (χ1v) is 12.9. The molecule has 1 aliphatic rings. The second kappa shape index (κ2) is 11.1. The molecule has 3 rings (SSSR count). The molecule has 1 aliphatic heterocycles. The Bertz CT molecular complexity index is 1050. The third kappa shape index (κ3) is 6.56. The second-order valence-electron chi connectivity index (χ2n) is 8.65. The molecule has 9 heteroatoms. The highest BCUT2D eigenvalue weighted by molar-refractivity contribution is 7.89. The maximum atomic E-state index is 13.0. The van der Waals surface area contributed by atoms with E-state index < -0.39 is 16.1 Å². The van der Waals surface area contributed by atoms with Crippen LogP contribution in [0.25, 0.3) is 0 Å². The van der Waals surface area contributed by atoms with Crippen molar-refractivity contribution in [3.63, 3.8) is 0 Å². The van der Waals surface area contributed by atoms with Crippen molar-refractivity contribution in [1.82, 2.24) is 14.9 Å². The number of benzene rings is 2. The molecule has 0 bridgehead atoms. The molecule has 1 saturated heterocycles. The van der Waals surface area contributed by atoms with Crippen molar-refractivity contribution in [2.75, 3.05) is 19.6 Å². The average Bonchev–Trinajstić information content (AvgIpc) is 2.81. The Labute approximate surface area is 200 Å². The third-order valence-corrected chi connectivity index (χ3v) is 7.88. The maximum absolute atomic E-state index is 13.0. The first-order chi connectivity index (χ1) is 15.7. The predicted octanol–water partition coefficient (Wildman–Crippen LogP) is 3.31. The minimum absolute atomic E-state index is 0.179. The summed E-state index contributed by atoms with van der Waals surface area (Å²) in [5, 5.41) is 6.26. The van der Waals surface area contributed by atoms with Crippen molar-refractivity contribution in [2.24, 2.45) is 11.8 Å². The monoisotopic (exact) mass is 491 g/mol. The number of nitrogens with zero attached hydrogens (tertiary/aromatic N) is 1. The van der Waals surface area contributed by atoms with Crippen LogP contribution in [0.15, 0.2) is 59.5 Å². The standard InChI is InChI=1S/C24H30ClN3O4S/c1-17(2)16-26-24(30)22(27-23(29)19-6-4-3-5-7-19)18-12-14-28(15-13-18)33(31,32)21-10-8-20(25)9-11-21/h3-11,17-18,22H,12-16H2,1-2H3,(H,26,30)(H,27,29)/t22-/m1/s1. The van der Waals surface area contributed by atoms with Crippen LogP contribution in [-0.2, 0) is 14.8 Å². The number of nitrogens with one attached hydrogen (secondary N) is 2. The van der Waals surface area contributed by atoms with Crippen LogP contribution in [0.1, 0.15) is 37.0 Å². The second-order valence-corrected chi connectivity index (χ2v) is 11.0. The molecule has 1 fully saturated rings. The largest absolute Gasteiger partial charge is 0.354 e. The van der Waals surface area contributed by atoms with Crippen molar-refractivity contribution in [1.29, 1.82) is 0 Å². The average molecular weight is 492 g/mol. The lowest BCUT2D eigenvalue weighted by atomic mass is 9.89. The number of carbonyl (C=O) groups excluding carboxylic acids is 2. The molecule has 0 unspecified atom stereocenters. The highest BCUT2D eigenvalue weighted by Crippen LogP contribution is 2.27. The molecule has 0 radical (unpaired) electrons. The molecule has 1 atom stereocenters. The van der Waals surface area contributed by atoms with Crippen molar-refractivity contribution in [3.8, 4) is 0 Å². The SMILES string of the molecule is CC(C)CNC(=O)[C@H](NC(=O)c1ccccc1)C1CCN(S(=O)(=O)c2ccc(Cl)cc2)CC1. The van der Waals surface area contributed by atoms with E-state index in [0.29, 0.717) is 30.0 Å². The van der Waals surface area contributed by atoms with Gasteiger partial charge in [-0.1, -0.05) is 43.6 Å². The normalized spacial score (nSPS) is 16.4. The lowest BCUT2D eigenvalue weighted by molar-refractivity contribution is -0.124. The van der Waals surface area contributed by atoms with E-state index in [1.165, 1.54) is 16.4 Å². The smallest absolute Gasteiger partial charge is 0.251 e. The summed E-state index contributed by atoms with van der Waals surface area (Å²) in [5.41, 5.74) is 0.474. The molecular weight excluding hydrogens is 462 g/mol. The molecule has 2 amide bonds. The molecule has 0 aromatic heterocycles. The summed E-state index contributed by atoms with van der Waals surface area (Å²) in [6, 6.07) is 14.1. The first kappa shape index (κ1) is 25.2. The lowest BCUT2D eigenvalue weighted by Crippen LogP contribution is -2.54. The van der Waals surface area contributed by atoms with Gasteiger partial charge in [-0.05, 0) is 61.1 Å². The van der Waals surface area contributed by atoms with Gasteiger partial charge in [-0.2, -0.15) is 4.31 Å². The topological polar surface area (TPSA) is 95.6 Å². The fraction of sp³-hybridized carbons (Fsp3) is 0.417. The Kier molecular flexibility index (Phi) is 8.51. The number of hydrogen-bond donors (Lipinski definition) is 2. The molecule has 1 heterocycles. The minimum Gasteiger partial charge on any atom is -0.354 e.